The number of benzene rings is 2. The molecule has 2 aromatic carbocycles. The number of nitrogens with zero attached hydrogens (tertiary/aromatic N) is 2. The van der Waals surface area contributed by atoms with Crippen molar-refractivity contribution in [3.8, 4) is 5.75 Å². The maximum absolute atomic E-state index is 13.1. The highest BCUT2D eigenvalue weighted by Crippen LogP contribution is 2.41. The highest BCUT2D eigenvalue weighted by atomic mass is 16.5. The number of ether oxygens (including phenoxy) is 1. The summed E-state index contributed by atoms with van der Waals surface area (Å²) in [6.45, 7) is 2.15. The van der Waals surface area contributed by atoms with Gasteiger partial charge in [0.2, 0.25) is 0 Å². The van der Waals surface area contributed by atoms with Crippen LogP contribution in [0.5, 0.6) is 5.75 Å². The zero-order valence-corrected chi connectivity index (χ0v) is 17.3. The van der Waals surface area contributed by atoms with E-state index in [1.54, 1.807) is 55.9 Å². The fourth-order valence-corrected chi connectivity index (χ4v) is 3.85. The summed E-state index contributed by atoms with van der Waals surface area (Å²) in [7, 11) is 1.55. The van der Waals surface area contributed by atoms with Crippen molar-refractivity contribution in [2.24, 2.45) is 0 Å². The zero-order chi connectivity index (χ0) is 22.0. The van der Waals surface area contributed by atoms with E-state index in [1.165, 1.54) is 4.90 Å². The van der Waals surface area contributed by atoms with E-state index in [0.717, 1.165) is 16.7 Å². The van der Waals surface area contributed by atoms with E-state index in [9.17, 15) is 14.7 Å². The number of rotatable bonds is 5. The summed E-state index contributed by atoms with van der Waals surface area (Å²) in [4.78, 5) is 31.7. The van der Waals surface area contributed by atoms with Gasteiger partial charge >= 0.3 is 0 Å². The van der Waals surface area contributed by atoms with Gasteiger partial charge in [-0.2, -0.15) is 0 Å². The molecule has 6 nitrogen and oxygen atoms in total. The molecule has 1 N–H and O–H groups in total. The fourth-order valence-electron chi connectivity index (χ4n) is 3.85. The first-order valence-corrected chi connectivity index (χ1v) is 9.88. The maximum atomic E-state index is 13.1. The predicted molar refractivity (Wildman–Crippen MR) is 116 cm³/mol. The van der Waals surface area contributed by atoms with Gasteiger partial charge in [-0.3, -0.25) is 14.6 Å². The smallest absolute Gasteiger partial charge is 0.295 e. The van der Waals surface area contributed by atoms with Crippen molar-refractivity contribution >= 4 is 17.4 Å². The van der Waals surface area contributed by atoms with Gasteiger partial charge in [0.1, 0.15) is 11.5 Å². The number of methoxy groups -OCH3 is 1. The molecule has 0 spiro atoms. The van der Waals surface area contributed by atoms with Crippen LogP contribution in [0.2, 0.25) is 0 Å². The van der Waals surface area contributed by atoms with Crippen LogP contribution in [-0.4, -0.2) is 33.8 Å². The van der Waals surface area contributed by atoms with Gasteiger partial charge in [-0.15, -0.1) is 0 Å². The second-order valence-corrected chi connectivity index (χ2v) is 7.37. The number of ketones is 1. The molecular formula is C25H22N2O4. The second-order valence-electron chi connectivity index (χ2n) is 7.37. The summed E-state index contributed by atoms with van der Waals surface area (Å²) in [5.41, 5.74) is 3.10. The van der Waals surface area contributed by atoms with Crippen LogP contribution in [0.1, 0.15) is 28.3 Å². The van der Waals surface area contributed by atoms with Crippen molar-refractivity contribution in [1.29, 1.82) is 0 Å². The molecule has 0 saturated carbocycles. The van der Waals surface area contributed by atoms with E-state index in [4.69, 9.17) is 4.74 Å². The van der Waals surface area contributed by atoms with Crippen LogP contribution in [0.15, 0.2) is 78.6 Å². The Labute approximate surface area is 180 Å². The number of hydrogen-bond acceptors (Lipinski definition) is 5. The number of aliphatic hydroxyl groups is 1. The maximum Gasteiger partial charge on any atom is 0.295 e. The first-order valence-electron chi connectivity index (χ1n) is 9.88. The number of likely N-dealkylation sites (tertiary alicyclic amines) is 1. The Balaban J connectivity index is 1.86. The van der Waals surface area contributed by atoms with E-state index in [-0.39, 0.29) is 17.9 Å². The Kier molecular flexibility index (Phi) is 5.54. The molecule has 1 aliphatic heterocycles. The van der Waals surface area contributed by atoms with E-state index in [1.807, 2.05) is 31.2 Å². The van der Waals surface area contributed by atoms with Crippen molar-refractivity contribution in [1.82, 2.24) is 9.88 Å². The molecule has 1 atom stereocenters. The third-order valence-electron chi connectivity index (χ3n) is 5.49. The van der Waals surface area contributed by atoms with E-state index < -0.39 is 17.7 Å². The van der Waals surface area contributed by atoms with E-state index in [2.05, 4.69) is 4.98 Å². The fraction of sp³-hybridized carbons (Fsp3) is 0.160. The minimum absolute atomic E-state index is 0.0820. The molecule has 0 radical (unpaired) electrons. The lowest BCUT2D eigenvalue weighted by Gasteiger charge is -2.26. The van der Waals surface area contributed by atoms with Crippen molar-refractivity contribution in [3.63, 3.8) is 0 Å². The predicted octanol–water partition coefficient (Wildman–Crippen LogP) is 4.02. The van der Waals surface area contributed by atoms with Gasteiger partial charge in [0.25, 0.3) is 11.7 Å². The minimum Gasteiger partial charge on any atom is -0.507 e. The van der Waals surface area contributed by atoms with Crippen LogP contribution in [-0.2, 0) is 16.1 Å². The first-order chi connectivity index (χ1) is 15.0. The highest BCUT2D eigenvalue weighted by Gasteiger charge is 2.46. The van der Waals surface area contributed by atoms with Crippen LogP contribution in [0, 0.1) is 6.92 Å². The van der Waals surface area contributed by atoms with Gasteiger partial charge in [-0.25, -0.2) is 0 Å². The Bertz CT molecular complexity index is 1150. The molecule has 1 aromatic heterocycles. The molecule has 31 heavy (non-hydrogen) atoms. The van der Waals surface area contributed by atoms with Crippen molar-refractivity contribution in [2.45, 2.75) is 19.5 Å². The zero-order valence-electron chi connectivity index (χ0n) is 17.3. The van der Waals surface area contributed by atoms with Gasteiger partial charge in [-0.1, -0.05) is 24.3 Å². The lowest BCUT2D eigenvalue weighted by molar-refractivity contribution is -0.140. The van der Waals surface area contributed by atoms with Gasteiger partial charge in [-0.05, 0) is 60.0 Å². The van der Waals surface area contributed by atoms with Crippen LogP contribution >= 0.6 is 0 Å². The normalized spacial score (nSPS) is 17.7. The molecule has 3 aromatic rings. The van der Waals surface area contributed by atoms with Crippen LogP contribution in [0.25, 0.3) is 5.76 Å². The summed E-state index contributed by atoms with van der Waals surface area (Å²) < 4.78 is 5.17. The molecule has 1 fully saturated rings. The SMILES string of the molecule is COc1ccc(/C(O)=C2/C(=O)C(=O)N(Cc3ccncc3)C2c2ccccc2C)cc1. The number of carbonyl (C=O) groups is 2. The third-order valence-corrected chi connectivity index (χ3v) is 5.49. The molecule has 1 unspecified atom stereocenters. The quantitative estimate of drug-likeness (QED) is 0.388. The van der Waals surface area contributed by atoms with E-state index in [0.29, 0.717) is 11.3 Å². The van der Waals surface area contributed by atoms with Crippen molar-refractivity contribution in [2.75, 3.05) is 7.11 Å². The number of hydrogen-bond donors (Lipinski definition) is 1. The number of aryl methyl sites for hydroxylation is 1. The third kappa shape index (κ3) is 3.80. The summed E-state index contributed by atoms with van der Waals surface area (Å²) >= 11 is 0. The summed E-state index contributed by atoms with van der Waals surface area (Å²) in [5.74, 6) is -0.910. The number of pyridine rings is 1. The molecule has 2 heterocycles. The Morgan fingerprint density at radius 2 is 1.71 bits per heavy atom. The summed E-state index contributed by atoms with van der Waals surface area (Å²) in [6, 6.07) is 17.2. The molecule has 4 rings (SSSR count). The van der Waals surface area contributed by atoms with Gasteiger partial charge in [0.15, 0.2) is 0 Å². The Hall–Kier alpha value is -3.93. The number of amides is 1. The molecular weight excluding hydrogens is 392 g/mol. The number of aromatic nitrogens is 1. The summed E-state index contributed by atoms with van der Waals surface area (Å²) in [5, 5.41) is 11.1. The van der Waals surface area contributed by atoms with Crippen LogP contribution < -0.4 is 4.74 Å². The largest absolute Gasteiger partial charge is 0.507 e. The second kappa shape index (κ2) is 8.44. The molecule has 1 amide bonds. The Morgan fingerprint density at radius 3 is 2.35 bits per heavy atom. The molecule has 1 saturated heterocycles. The average molecular weight is 414 g/mol. The minimum atomic E-state index is -0.698. The van der Waals surface area contributed by atoms with Gasteiger partial charge in [0, 0.05) is 24.5 Å². The topological polar surface area (TPSA) is 79.7 Å². The standard InChI is InChI=1S/C25H22N2O4/c1-16-5-3-4-6-20(16)22-21(23(28)18-7-9-19(31-2)10-8-18)24(29)25(30)27(22)15-17-11-13-26-14-12-17/h3-14,22,28H,15H2,1-2H3/b23-21-. The number of aliphatic hydroxyl groups excluding tert-OH is 1. The monoisotopic (exact) mass is 414 g/mol. The van der Waals surface area contributed by atoms with Gasteiger partial charge in [0.05, 0.1) is 18.7 Å². The number of Topliss-reactive ketones (excluding diaryl/α,β-unsaturated/α-hetero) is 1. The van der Waals surface area contributed by atoms with Crippen molar-refractivity contribution < 1.29 is 19.4 Å². The molecule has 0 aliphatic carbocycles. The first kappa shape index (κ1) is 20.3. The van der Waals surface area contributed by atoms with Gasteiger partial charge < -0.3 is 14.7 Å². The molecule has 1 aliphatic rings. The van der Waals surface area contributed by atoms with E-state index >= 15 is 0 Å². The average Bonchev–Trinajstić information content (AvgIpc) is 3.04. The summed E-state index contributed by atoms with van der Waals surface area (Å²) in [6.07, 6.45) is 3.29. The lowest BCUT2D eigenvalue weighted by atomic mass is 9.92. The van der Waals surface area contributed by atoms with Crippen molar-refractivity contribution in [3.05, 3.63) is 101 Å². The number of carbonyl (C=O) groups excluding carboxylic acids is 2. The molecule has 156 valence electrons. The molecule has 0 bridgehead atoms. The Morgan fingerprint density at radius 1 is 1.03 bits per heavy atom. The lowest BCUT2D eigenvalue weighted by Crippen LogP contribution is -2.29. The molecule has 6 heteroatoms. The van der Waals surface area contributed by atoms with Crippen LogP contribution in [0.4, 0.5) is 0 Å². The highest BCUT2D eigenvalue weighted by molar-refractivity contribution is 6.46. The van der Waals surface area contributed by atoms with Crippen LogP contribution in [0.3, 0.4) is 0 Å².